The van der Waals surface area contributed by atoms with Gasteiger partial charge in [0.1, 0.15) is 5.82 Å². The van der Waals surface area contributed by atoms with Gasteiger partial charge in [0.15, 0.2) is 6.73 Å². The van der Waals surface area contributed by atoms with Crippen molar-refractivity contribution in [3.05, 3.63) is 69.3 Å². The van der Waals surface area contributed by atoms with E-state index >= 15 is 0 Å². The Balaban J connectivity index is 1.96. The Labute approximate surface area is 240 Å². The Bertz CT molecular complexity index is 1630. The van der Waals surface area contributed by atoms with Crippen LogP contribution in [0.5, 0.6) is 0 Å². The number of aromatic nitrogens is 2. The summed E-state index contributed by atoms with van der Waals surface area (Å²) in [6.45, 7) is 10.3. The standard InChI is InChI=1S/C30H30F3N3O6/c1-8-13-35(21-11-9-20(10-12-21)26(38)42-28(40)30(31,32)33)18(3)22-15-23-24(14-17(22)2)34-19(4)36(25(23)37)16-41-27(39)29(5,6)7/h1,9-12,14-15,18H,13,16H2,2-7H3. The second kappa shape index (κ2) is 12.1. The second-order valence-electron chi connectivity index (χ2n) is 10.7. The van der Waals surface area contributed by atoms with Crippen molar-refractivity contribution in [2.24, 2.45) is 5.41 Å². The lowest BCUT2D eigenvalue weighted by atomic mass is 9.97. The molecule has 0 amide bonds. The minimum Gasteiger partial charge on any atom is -0.443 e. The van der Waals surface area contributed by atoms with Gasteiger partial charge in [0.2, 0.25) is 0 Å². The first-order chi connectivity index (χ1) is 19.4. The number of terminal acetylenes is 1. The number of rotatable bonds is 7. The number of ether oxygens (including phenoxy) is 2. The summed E-state index contributed by atoms with van der Waals surface area (Å²) < 4.78 is 47.8. The van der Waals surface area contributed by atoms with Gasteiger partial charge in [-0.3, -0.25) is 14.2 Å². The van der Waals surface area contributed by atoms with Crippen molar-refractivity contribution in [3.63, 3.8) is 0 Å². The summed E-state index contributed by atoms with van der Waals surface area (Å²) in [6.07, 6.45) is 0.314. The maximum atomic E-state index is 13.5. The minimum atomic E-state index is -5.30. The van der Waals surface area contributed by atoms with Crippen molar-refractivity contribution in [3.8, 4) is 12.3 Å². The van der Waals surface area contributed by atoms with Crippen LogP contribution < -0.4 is 10.5 Å². The number of benzene rings is 2. The highest BCUT2D eigenvalue weighted by molar-refractivity contribution is 5.98. The fourth-order valence-electron chi connectivity index (χ4n) is 4.15. The number of carbonyl (C=O) groups is 3. The molecule has 42 heavy (non-hydrogen) atoms. The van der Waals surface area contributed by atoms with Gasteiger partial charge in [-0.2, -0.15) is 13.2 Å². The van der Waals surface area contributed by atoms with Crippen molar-refractivity contribution in [2.75, 3.05) is 11.4 Å². The number of aryl methyl sites for hydroxylation is 2. The van der Waals surface area contributed by atoms with Crippen LogP contribution in [0.4, 0.5) is 18.9 Å². The average molecular weight is 586 g/mol. The Morgan fingerprint density at radius 3 is 2.24 bits per heavy atom. The molecule has 1 heterocycles. The van der Waals surface area contributed by atoms with Gasteiger partial charge in [0.25, 0.3) is 5.56 Å². The molecule has 1 atom stereocenters. The lowest BCUT2D eigenvalue weighted by Gasteiger charge is -2.31. The van der Waals surface area contributed by atoms with Crippen LogP contribution in [0.1, 0.15) is 61.0 Å². The molecule has 0 radical (unpaired) electrons. The summed E-state index contributed by atoms with van der Waals surface area (Å²) in [5.74, 6) is -1.59. The molecule has 0 aliphatic heterocycles. The number of carbonyl (C=O) groups excluding carboxylic acids is 3. The zero-order valence-corrected chi connectivity index (χ0v) is 24.0. The normalized spacial score (nSPS) is 12.4. The van der Waals surface area contributed by atoms with Crippen molar-refractivity contribution in [2.45, 2.75) is 60.5 Å². The highest BCUT2D eigenvalue weighted by Crippen LogP contribution is 2.31. The summed E-state index contributed by atoms with van der Waals surface area (Å²) in [7, 11) is 0. The van der Waals surface area contributed by atoms with E-state index in [9.17, 15) is 32.3 Å². The molecule has 0 saturated carbocycles. The molecule has 0 aliphatic carbocycles. The average Bonchev–Trinajstić information content (AvgIpc) is 2.89. The van der Waals surface area contributed by atoms with Gasteiger partial charge in [-0.15, -0.1) is 6.42 Å². The number of anilines is 1. The number of halogens is 3. The molecular formula is C30H30F3N3O6. The Kier molecular flexibility index (Phi) is 9.15. The van der Waals surface area contributed by atoms with E-state index in [1.165, 1.54) is 28.8 Å². The van der Waals surface area contributed by atoms with Crippen LogP contribution in [0.3, 0.4) is 0 Å². The molecule has 0 N–H and O–H groups in total. The molecule has 0 spiro atoms. The number of esters is 3. The van der Waals surface area contributed by atoms with Crippen LogP contribution in [0.25, 0.3) is 10.9 Å². The summed E-state index contributed by atoms with van der Waals surface area (Å²) >= 11 is 0. The topological polar surface area (TPSA) is 108 Å². The van der Waals surface area contributed by atoms with Crippen LogP contribution in [-0.2, 0) is 25.8 Å². The molecule has 0 fully saturated rings. The van der Waals surface area contributed by atoms with Crippen LogP contribution in [0, 0.1) is 31.6 Å². The van der Waals surface area contributed by atoms with E-state index in [0.717, 1.165) is 11.1 Å². The lowest BCUT2D eigenvalue weighted by Crippen LogP contribution is -2.30. The molecular weight excluding hydrogens is 555 g/mol. The van der Waals surface area contributed by atoms with E-state index in [-0.39, 0.29) is 18.8 Å². The number of fused-ring (bicyclic) bond motifs is 1. The van der Waals surface area contributed by atoms with E-state index < -0.39 is 41.1 Å². The quantitative estimate of drug-likeness (QED) is 0.217. The van der Waals surface area contributed by atoms with Crippen LogP contribution in [0.2, 0.25) is 0 Å². The van der Waals surface area contributed by atoms with E-state index in [4.69, 9.17) is 11.2 Å². The second-order valence-corrected chi connectivity index (χ2v) is 10.7. The summed E-state index contributed by atoms with van der Waals surface area (Å²) in [5, 5.41) is 0.299. The van der Waals surface area contributed by atoms with E-state index in [1.54, 1.807) is 44.7 Å². The molecule has 222 valence electrons. The first kappa shape index (κ1) is 31.9. The predicted molar refractivity (Wildman–Crippen MR) is 149 cm³/mol. The van der Waals surface area contributed by atoms with Crippen molar-refractivity contribution in [1.82, 2.24) is 9.55 Å². The highest BCUT2D eigenvalue weighted by atomic mass is 19.4. The fraction of sp³-hybridized carbons (Fsp3) is 0.367. The van der Waals surface area contributed by atoms with Crippen LogP contribution in [-0.4, -0.2) is 40.2 Å². The zero-order valence-electron chi connectivity index (χ0n) is 24.0. The zero-order chi connectivity index (χ0) is 31.6. The first-order valence-corrected chi connectivity index (χ1v) is 12.8. The van der Waals surface area contributed by atoms with Gasteiger partial charge >= 0.3 is 24.1 Å². The molecule has 0 saturated heterocycles. The molecule has 3 aromatic rings. The third-order valence-corrected chi connectivity index (χ3v) is 6.50. The van der Waals surface area contributed by atoms with Crippen LogP contribution in [0.15, 0.2) is 41.2 Å². The van der Waals surface area contributed by atoms with Gasteiger partial charge in [-0.1, -0.05) is 5.92 Å². The lowest BCUT2D eigenvalue weighted by molar-refractivity contribution is -0.193. The monoisotopic (exact) mass is 585 g/mol. The third kappa shape index (κ3) is 6.97. The van der Waals surface area contributed by atoms with Gasteiger partial charge in [0.05, 0.1) is 34.5 Å². The van der Waals surface area contributed by atoms with Crippen LogP contribution >= 0.6 is 0 Å². The molecule has 0 aliphatic rings. The fourth-order valence-corrected chi connectivity index (χ4v) is 4.15. The van der Waals surface area contributed by atoms with Crippen molar-refractivity contribution in [1.29, 1.82) is 0 Å². The SMILES string of the molecule is C#CCN(c1ccc(C(=O)OC(=O)C(F)(F)F)cc1)C(C)c1cc2c(=O)n(COC(=O)C(C)(C)C)c(C)nc2cc1C. The Hall–Kier alpha value is -4.66. The number of nitrogens with zero attached hydrogens (tertiary/aromatic N) is 3. The third-order valence-electron chi connectivity index (χ3n) is 6.50. The van der Waals surface area contributed by atoms with Crippen molar-refractivity contribution < 1.29 is 37.0 Å². The number of alkyl halides is 3. The molecule has 12 heteroatoms. The summed E-state index contributed by atoms with van der Waals surface area (Å²) in [4.78, 5) is 55.0. The minimum absolute atomic E-state index is 0.105. The largest absolute Gasteiger partial charge is 0.491 e. The molecule has 1 aromatic heterocycles. The number of hydrogen-bond acceptors (Lipinski definition) is 8. The van der Waals surface area contributed by atoms with E-state index in [0.29, 0.717) is 22.4 Å². The molecule has 9 nitrogen and oxygen atoms in total. The Morgan fingerprint density at radius 1 is 1.07 bits per heavy atom. The van der Waals surface area contributed by atoms with Gasteiger partial charge in [-0.25, -0.2) is 14.6 Å². The van der Waals surface area contributed by atoms with Gasteiger partial charge in [0, 0.05) is 5.69 Å². The molecule has 0 bridgehead atoms. The number of hydrogen-bond donors (Lipinski definition) is 0. The smallest absolute Gasteiger partial charge is 0.443 e. The highest BCUT2D eigenvalue weighted by Gasteiger charge is 2.42. The first-order valence-electron chi connectivity index (χ1n) is 12.8. The maximum absolute atomic E-state index is 13.5. The molecule has 3 rings (SSSR count). The Morgan fingerprint density at radius 2 is 1.69 bits per heavy atom. The predicted octanol–water partition coefficient (Wildman–Crippen LogP) is 5.01. The van der Waals surface area contributed by atoms with Gasteiger partial charge in [-0.05, 0) is 89.1 Å². The molecule has 1 unspecified atom stereocenters. The molecule has 2 aromatic carbocycles. The maximum Gasteiger partial charge on any atom is 0.491 e. The summed E-state index contributed by atoms with van der Waals surface area (Å²) in [5.41, 5.74) is 1.12. The van der Waals surface area contributed by atoms with E-state index in [1.807, 2.05) is 13.8 Å². The van der Waals surface area contributed by atoms with E-state index in [2.05, 4.69) is 15.6 Å². The summed E-state index contributed by atoms with van der Waals surface area (Å²) in [6, 6.07) is 8.41. The van der Waals surface area contributed by atoms with Gasteiger partial charge < -0.3 is 14.4 Å². The van der Waals surface area contributed by atoms with Crippen molar-refractivity contribution >= 4 is 34.5 Å².